The van der Waals surface area contributed by atoms with Gasteiger partial charge >= 0.3 is 0 Å². The van der Waals surface area contributed by atoms with Gasteiger partial charge in [-0.15, -0.1) is 11.3 Å². The van der Waals surface area contributed by atoms with Gasteiger partial charge in [-0.25, -0.2) is 0 Å². The lowest BCUT2D eigenvalue weighted by molar-refractivity contribution is 0.112. The van der Waals surface area contributed by atoms with Gasteiger partial charge in [-0.05, 0) is 23.5 Å². The number of hydrogen-bond donors (Lipinski definition) is 0. The van der Waals surface area contributed by atoms with Crippen LogP contribution >= 0.6 is 11.3 Å². The van der Waals surface area contributed by atoms with E-state index in [1.54, 1.807) is 6.07 Å². The van der Waals surface area contributed by atoms with Crippen molar-refractivity contribution in [3.8, 4) is 11.5 Å². The zero-order valence-electron chi connectivity index (χ0n) is 12.4. The van der Waals surface area contributed by atoms with Gasteiger partial charge in [-0.3, -0.25) is 4.79 Å². The zero-order chi connectivity index (χ0) is 14.8. The average molecular weight is 288 g/mol. The Morgan fingerprint density at radius 1 is 1.25 bits per heavy atom. The Bertz CT molecular complexity index is 606. The molecular weight excluding hydrogens is 268 g/mol. The van der Waals surface area contributed by atoms with Crippen LogP contribution in [0.25, 0.3) is 0 Å². The van der Waals surface area contributed by atoms with E-state index in [9.17, 15) is 4.79 Å². The maximum atomic E-state index is 10.7. The second kappa shape index (κ2) is 5.80. The number of rotatable bonds is 4. The molecule has 2 rings (SSSR count). The van der Waals surface area contributed by atoms with Crippen molar-refractivity contribution < 1.29 is 9.53 Å². The minimum atomic E-state index is 0.0179. The van der Waals surface area contributed by atoms with Crippen LogP contribution in [0.4, 0.5) is 0 Å². The Morgan fingerprint density at radius 2 is 2.00 bits per heavy atom. The predicted molar refractivity (Wildman–Crippen MR) is 84.3 cm³/mol. The molecule has 0 saturated heterocycles. The lowest BCUT2D eigenvalue weighted by Crippen LogP contribution is -2.13. The van der Waals surface area contributed by atoms with E-state index in [1.165, 1.54) is 22.5 Å². The molecule has 106 valence electrons. The van der Waals surface area contributed by atoms with Crippen molar-refractivity contribution in [3.05, 3.63) is 45.6 Å². The Hall–Kier alpha value is -1.61. The molecule has 0 unspecified atom stereocenters. The molecule has 0 radical (unpaired) electrons. The summed E-state index contributed by atoms with van der Waals surface area (Å²) < 4.78 is 5.97. The molecule has 0 aliphatic heterocycles. The standard InChI is InChI=1S/C17H20O2S/c1-5-12-6-7-16(15(8-12)17(2,3)4)19-13-9-14(10-18)20-11-13/h6-11H,5H2,1-4H3. The highest BCUT2D eigenvalue weighted by atomic mass is 32.1. The first-order valence-corrected chi connectivity index (χ1v) is 7.67. The third-order valence-electron chi connectivity index (χ3n) is 3.20. The Kier molecular flexibility index (Phi) is 4.29. The second-order valence-corrected chi connectivity index (χ2v) is 6.78. The number of benzene rings is 1. The summed E-state index contributed by atoms with van der Waals surface area (Å²) in [4.78, 5) is 11.4. The zero-order valence-corrected chi connectivity index (χ0v) is 13.2. The van der Waals surface area contributed by atoms with E-state index >= 15 is 0 Å². The number of ether oxygens (including phenoxy) is 1. The van der Waals surface area contributed by atoms with E-state index in [4.69, 9.17) is 4.74 Å². The van der Waals surface area contributed by atoms with Gasteiger partial charge in [0.1, 0.15) is 11.5 Å². The molecular formula is C17H20O2S. The fraction of sp³-hybridized carbons (Fsp3) is 0.353. The molecule has 0 aliphatic rings. The topological polar surface area (TPSA) is 26.3 Å². The molecule has 2 aromatic rings. The first kappa shape index (κ1) is 14.8. The second-order valence-electron chi connectivity index (χ2n) is 5.84. The largest absolute Gasteiger partial charge is 0.456 e. The molecule has 3 heteroatoms. The van der Waals surface area contributed by atoms with Crippen LogP contribution in [0, 0.1) is 0 Å². The van der Waals surface area contributed by atoms with Crippen molar-refractivity contribution in [1.82, 2.24) is 0 Å². The molecule has 2 nitrogen and oxygen atoms in total. The number of aldehydes is 1. The van der Waals surface area contributed by atoms with Crippen molar-refractivity contribution in [2.45, 2.75) is 39.5 Å². The maximum absolute atomic E-state index is 10.7. The lowest BCUT2D eigenvalue weighted by atomic mass is 9.85. The lowest BCUT2D eigenvalue weighted by Gasteiger charge is -2.23. The Morgan fingerprint density at radius 3 is 2.55 bits per heavy atom. The molecule has 0 fully saturated rings. The molecule has 1 aromatic carbocycles. The van der Waals surface area contributed by atoms with Crippen molar-refractivity contribution in [2.75, 3.05) is 0 Å². The summed E-state index contributed by atoms with van der Waals surface area (Å²) in [5, 5.41) is 1.86. The van der Waals surface area contributed by atoms with Crippen molar-refractivity contribution >= 4 is 17.6 Å². The molecule has 0 saturated carbocycles. The quantitative estimate of drug-likeness (QED) is 0.722. The van der Waals surface area contributed by atoms with Crippen LogP contribution in [0.5, 0.6) is 11.5 Å². The first-order valence-electron chi connectivity index (χ1n) is 6.79. The van der Waals surface area contributed by atoms with Crippen LogP contribution in [0.1, 0.15) is 48.5 Å². The van der Waals surface area contributed by atoms with Gasteiger partial charge < -0.3 is 4.74 Å². The van der Waals surface area contributed by atoms with Crippen LogP contribution in [0.15, 0.2) is 29.6 Å². The number of carbonyl (C=O) groups is 1. The van der Waals surface area contributed by atoms with E-state index in [2.05, 4.69) is 39.8 Å². The van der Waals surface area contributed by atoms with Crippen LogP contribution in [-0.4, -0.2) is 6.29 Å². The predicted octanol–water partition coefficient (Wildman–Crippen LogP) is 5.21. The van der Waals surface area contributed by atoms with E-state index in [0.29, 0.717) is 4.88 Å². The maximum Gasteiger partial charge on any atom is 0.160 e. The highest BCUT2D eigenvalue weighted by molar-refractivity contribution is 7.11. The number of hydrogen-bond acceptors (Lipinski definition) is 3. The molecule has 0 aliphatic carbocycles. The van der Waals surface area contributed by atoms with Gasteiger partial charge in [0.15, 0.2) is 6.29 Å². The normalized spacial score (nSPS) is 11.4. The minimum Gasteiger partial charge on any atom is -0.456 e. The SMILES string of the molecule is CCc1ccc(Oc2csc(C=O)c2)c(C(C)(C)C)c1. The summed E-state index contributed by atoms with van der Waals surface area (Å²) in [5.74, 6) is 1.59. The summed E-state index contributed by atoms with van der Waals surface area (Å²) in [6.07, 6.45) is 1.86. The van der Waals surface area contributed by atoms with Crippen molar-refractivity contribution in [2.24, 2.45) is 0 Å². The van der Waals surface area contributed by atoms with Crippen molar-refractivity contribution in [3.63, 3.8) is 0 Å². The first-order chi connectivity index (χ1) is 9.44. The molecule has 0 amide bonds. The summed E-state index contributed by atoms with van der Waals surface area (Å²) in [6, 6.07) is 8.11. The van der Waals surface area contributed by atoms with E-state index in [-0.39, 0.29) is 5.41 Å². The summed E-state index contributed by atoms with van der Waals surface area (Å²) in [5.41, 5.74) is 2.51. The van der Waals surface area contributed by atoms with Gasteiger partial charge in [0.25, 0.3) is 0 Å². The highest BCUT2D eigenvalue weighted by Crippen LogP contribution is 2.36. The Labute approximate surface area is 124 Å². The van der Waals surface area contributed by atoms with Crippen LogP contribution < -0.4 is 4.74 Å². The third-order valence-corrected chi connectivity index (χ3v) is 4.04. The van der Waals surface area contributed by atoms with E-state index in [1.807, 2.05) is 11.4 Å². The van der Waals surface area contributed by atoms with E-state index < -0.39 is 0 Å². The number of aryl methyl sites for hydroxylation is 1. The van der Waals surface area contributed by atoms with Gasteiger partial charge in [0.05, 0.1) is 4.88 Å². The smallest absolute Gasteiger partial charge is 0.160 e. The molecule has 1 aromatic heterocycles. The summed E-state index contributed by atoms with van der Waals surface area (Å²) in [7, 11) is 0. The molecule has 0 atom stereocenters. The minimum absolute atomic E-state index is 0.0179. The molecule has 20 heavy (non-hydrogen) atoms. The van der Waals surface area contributed by atoms with E-state index in [0.717, 1.165) is 24.2 Å². The van der Waals surface area contributed by atoms with Gasteiger partial charge in [-0.1, -0.05) is 39.8 Å². The third kappa shape index (κ3) is 3.28. The summed E-state index contributed by atoms with van der Waals surface area (Å²) >= 11 is 1.40. The van der Waals surface area contributed by atoms with Crippen LogP contribution in [0.3, 0.4) is 0 Å². The average Bonchev–Trinajstić information content (AvgIpc) is 2.85. The fourth-order valence-corrected chi connectivity index (χ4v) is 2.66. The highest BCUT2D eigenvalue weighted by Gasteiger charge is 2.20. The Balaban J connectivity index is 2.37. The monoisotopic (exact) mass is 288 g/mol. The number of thiophene rings is 1. The van der Waals surface area contributed by atoms with Crippen LogP contribution in [0.2, 0.25) is 0 Å². The fourth-order valence-electron chi connectivity index (χ4n) is 2.05. The molecule has 0 spiro atoms. The number of carbonyl (C=O) groups excluding carboxylic acids is 1. The van der Waals surface area contributed by atoms with Gasteiger partial charge in [0, 0.05) is 17.0 Å². The van der Waals surface area contributed by atoms with Gasteiger partial charge in [-0.2, -0.15) is 0 Å². The molecule has 1 heterocycles. The summed E-state index contributed by atoms with van der Waals surface area (Å²) in [6.45, 7) is 8.69. The van der Waals surface area contributed by atoms with Crippen molar-refractivity contribution in [1.29, 1.82) is 0 Å². The molecule has 0 N–H and O–H groups in total. The molecule has 0 bridgehead atoms. The van der Waals surface area contributed by atoms with Crippen LogP contribution in [-0.2, 0) is 11.8 Å². The van der Waals surface area contributed by atoms with Gasteiger partial charge in [0.2, 0.25) is 0 Å².